The van der Waals surface area contributed by atoms with E-state index in [9.17, 15) is 18.3 Å². The molecule has 0 spiro atoms. The molecular weight excluding hydrogens is 350 g/mol. The third-order valence-corrected chi connectivity index (χ3v) is 5.85. The highest BCUT2D eigenvalue weighted by atomic mass is 35.5. The Labute approximate surface area is 146 Å². The Morgan fingerprint density at radius 1 is 1.12 bits per heavy atom. The van der Waals surface area contributed by atoms with Crippen LogP contribution >= 0.6 is 11.6 Å². The molecule has 5 nitrogen and oxygen atoms in total. The maximum Gasteiger partial charge on any atom is 0.321 e. The molecule has 0 aromatic heterocycles. The standard InChI is InChI=1S/C17H18ClNO4S/c1-13(17(20)21)19(11-15-9-5-6-10-16(15)18)24(22,23)12-14-7-3-2-4-8-14/h2-10,13H,11-12H2,1H3,(H,20,21). The van der Waals surface area contributed by atoms with Crippen molar-refractivity contribution in [2.45, 2.75) is 25.3 Å². The molecular formula is C17H18ClNO4S. The molecule has 0 aliphatic heterocycles. The average molecular weight is 368 g/mol. The second kappa shape index (κ2) is 7.79. The van der Waals surface area contributed by atoms with Gasteiger partial charge in [-0.05, 0) is 24.1 Å². The van der Waals surface area contributed by atoms with Gasteiger partial charge in [-0.1, -0.05) is 60.1 Å². The molecule has 7 heteroatoms. The van der Waals surface area contributed by atoms with E-state index in [0.717, 1.165) is 4.31 Å². The summed E-state index contributed by atoms with van der Waals surface area (Å²) in [5.41, 5.74) is 1.16. The fourth-order valence-electron chi connectivity index (χ4n) is 2.26. The highest BCUT2D eigenvalue weighted by Gasteiger charge is 2.32. The van der Waals surface area contributed by atoms with Gasteiger partial charge in [0.2, 0.25) is 10.0 Å². The number of sulfonamides is 1. The lowest BCUT2D eigenvalue weighted by Gasteiger charge is -2.26. The predicted molar refractivity (Wildman–Crippen MR) is 93.2 cm³/mol. The molecule has 2 aromatic rings. The van der Waals surface area contributed by atoms with E-state index < -0.39 is 22.0 Å². The molecule has 0 aliphatic rings. The van der Waals surface area contributed by atoms with Gasteiger partial charge >= 0.3 is 5.97 Å². The lowest BCUT2D eigenvalue weighted by Crippen LogP contribution is -2.43. The lowest BCUT2D eigenvalue weighted by molar-refractivity contribution is -0.141. The fraction of sp³-hybridized carbons (Fsp3) is 0.235. The SMILES string of the molecule is CC(C(=O)O)N(Cc1ccccc1Cl)S(=O)(=O)Cc1ccccc1. The van der Waals surface area contributed by atoms with E-state index in [1.807, 2.05) is 0 Å². The van der Waals surface area contributed by atoms with Crippen LogP contribution in [0.1, 0.15) is 18.1 Å². The first-order chi connectivity index (χ1) is 11.3. The summed E-state index contributed by atoms with van der Waals surface area (Å²) in [6.07, 6.45) is 0. The molecule has 0 fully saturated rings. The van der Waals surface area contributed by atoms with Gasteiger partial charge in [-0.15, -0.1) is 0 Å². The van der Waals surface area contributed by atoms with E-state index >= 15 is 0 Å². The van der Waals surface area contributed by atoms with Crippen molar-refractivity contribution in [3.63, 3.8) is 0 Å². The van der Waals surface area contributed by atoms with Gasteiger partial charge in [-0.2, -0.15) is 4.31 Å². The molecule has 24 heavy (non-hydrogen) atoms. The van der Waals surface area contributed by atoms with Crippen molar-refractivity contribution in [1.29, 1.82) is 0 Å². The summed E-state index contributed by atoms with van der Waals surface area (Å²) in [6.45, 7) is 1.25. The number of aliphatic carboxylic acids is 1. The molecule has 0 heterocycles. The number of halogens is 1. The van der Waals surface area contributed by atoms with Gasteiger partial charge in [0.15, 0.2) is 0 Å². The molecule has 1 atom stereocenters. The Bertz CT molecular complexity index is 808. The predicted octanol–water partition coefficient (Wildman–Crippen LogP) is 3.15. The molecule has 0 aliphatic carbocycles. The number of hydrogen-bond donors (Lipinski definition) is 1. The van der Waals surface area contributed by atoms with Crippen molar-refractivity contribution in [3.05, 3.63) is 70.7 Å². The van der Waals surface area contributed by atoms with Crippen molar-refractivity contribution in [2.24, 2.45) is 0 Å². The fourth-order valence-corrected chi connectivity index (χ4v) is 4.14. The van der Waals surface area contributed by atoms with Gasteiger partial charge in [-0.25, -0.2) is 8.42 Å². The summed E-state index contributed by atoms with van der Waals surface area (Å²) in [5, 5.41) is 9.69. The van der Waals surface area contributed by atoms with Gasteiger partial charge in [0.1, 0.15) is 6.04 Å². The summed E-state index contributed by atoms with van der Waals surface area (Å²) >= 11 is 6.09. The number of hydrogen-bond acceptors (Lipinski definition) is 3. The van der Waals surface area contributed by atoms with Gasteiger partial charge in [-0.3, -0.25) is 4.79 Å². The Kier molecular flexibility index (Phi) is 5.99. The largest absolute Gasteiger partial charge is 0.480 e. The normalized spacial score (nSPS) is 13.0. The van der Waals surface area contributed by atoms with Crippen LogP contribution in [0.3, 0.4) is 0 Å². The second-order valence-electron chi connectivity index (χ2n) is 5.39. The third kappa shape index (κ3) is 4.56. The Hall–Kier alpha value is -1.89. The third-order valence-electron chi connectivity index (χ3n) is 3.62. The molecule has 0 radical (unpaired) electrons. The van der Waals surface area contributed by atoms with E-state index in [-0.39, 0.29) is 12.3 Å². The molecule has 0 amide bonds. The minimum atomic E-state index is -3.84. The molecule has 0 saturated carbocycles. The molecule has 1 unspecified atom stereocenters. The maximum atomic E-state index is 12.8. The number of rotatable bonds is 7. The van der Waals surface area contributed by atoms with Crippen LogP contribution in [0.25, 0.3) is 0 Å². The van der Waals surface area contributed by atoms with Crippen LogP contribution in [0, 0.1) is 0 Å². The van der Waals surface area contributed by atoms with Crippen LogP contribution in [0.4, 0.5) is 0 Å². The number of benzene rings is 2. The molecule has 128 valence electrons. The van der Waals surface area contributed by atoms with Gasteiger partial charge in [0.05, 0.1) is 5.75 Å². The quantitative estimate of drug-likeness (QED) is 0.815. The summed E-state index contributed by atoms with van der Waals surface area (Å²) in [5.74, 6) is -1.48. The molecule has 2 aromatic carbocycles. The Morgan fingerprint density at radius 2 is 1.71 bits per heavy atom. The minimum absolute atomic E-state index is 0.0949. The van der Waals surface area contributed by atoms with Crippen LogP contribution < -0.4 is 0 Å². The van der Waals surface area contributed by atoms with E-state index in [2.05, 4.69) is 0 Å². The molecule has 2 rings (SSSR count). The summed E-state index contributed by atoms with van der Waals surface area (Å²) < 4.78 is 26.5. The number of nitrogens with zero attached hydrogens (tertiary/aromatic N) is 1. The number of carbonyl (C=O) groups is 1. The summed E-state index contributed by atoms with van der Waals surface area (Å²) in [6, 6.07) is 14.2. The zero-order valence-electron chi connectivity index (χ0n) is 13.1. The Balaban J connectivity index is 2.35. The minimum Gasteiger partial charge on any atom is -0.480 e. The zero-order valence-corrected chi connectivity index (χ0v) is 14.7. The van der Waals surface area contributed by atoms with Crippen LogP contribution in [0.15, 0.2) is 54.6 Å². The highest BCUT2D eigenvalue weighted by molar-refractivity contribution is 7.88. The average Bonchev–Trinajstić information content (AvgIpc) is 2.53. The van der Waals surface area contributed by atoms with Crippen molar-refractivity contribution in [3.8, 4) is 0 Å². The van der Waals surface area contributed by atoms with Crippen molar-refractivity contribution in [1.82, 2.24) is 4.31 Å². The lowest BCUT2D eigenvalue weighted by atomic mass is 10.2. The van der Waals surface area contributed by atoms with Crippen LogP contribution in [0.2, 0.25) is 5.02 Å². The van der Waals surface area contributed by atoms with E-state index in [0.29, 0.717) is 16.1 Å². The van der Waals surface area contributed by atoms with Crippen LogP contribution in [0.5, 0.6) is 0 Å². The van der Waals surface area contributed by atoms with Crippen molar-refractivity contribution >= 4 is 27.6 Å². The number of carboxylic acid groups (broad SMARTS) is 1. The Morgan fingerprint density at radius 3 is 2.29 bits per heavy atom. The van der Waals surface area contributed by atoms with Gasteiger partial charge in [0, 0.05) is 11.6 Å². The summed E-state index contributed by atoms with van der Waals surface area (Å²) in [7, 11) is -3.84. The smallest absolute Gasteiger partial charge is 0.321 e. The zero-order chi connectivity index (χ0) is 17.7. The van der Waals surface area contributed by atoms with Gasteiger partial charge < -0.3 is 5.11 Å². The molecule has 0 bridgehead atoms. The van der Waals surface area contributed by atoms with Gasteiger partial charge in [0.25, 0.3) is 0 Å². The monoisotopic (exact) mass is 367 g/mol. The topological polar surface area (TPSA) is 74.7 Å². The highest BCUT2D eigenvalue weighted by Crippen LogP contribution is 2.22. The van der Waals surface area contributed by atoms with E-state index in [1.165, 1.54) is 6.92 Å². The van der Waals surface area contributed by atoms with Crippen LogP contribution in [-0.2, 0) is 27.1 Å². The number of carboxylic acids is 1. The van der Waals surface area contributed by atoms with Crippen LogP contribution in [-0.4, -0.2) is 29.8 Å². The first kappa shape index (κ1) is 18.4. The first-order valence-electron chi connectivity index (χ1n) is 7.31. The molecule has 1 N–H and O–H groups in total. The maximum absolute atomic E-state index is 12.8. The first-order valence-corrected chi connectivity index (χ1v) is 9.29. The van der Waals surface area contributed by atoms with E-state index in [4.69, 9.17) is 11.6 Å². The van der Waals surface area contributed by atoms with Crippen molar-refractivity contribution < 1.29 is 18.3 Å². The second-order valence-corrected chi connectivity index (χ2v) is 7.72. The summed E-state index contributed by atoms with van der Waals surface area (Å²) in [4.78, 5) is 11.4. The van der Waals surface area contributed by atoms with Crippen molar-refractivity contribution in [2.75, 3.05) is 0 Å². The van der Waals surface area contributed by atoms with E-state index in [1.54, 1.807) is 54.6 Å². The molecule has 0 saturated heterocycles.